The molecule has 0 bridgehead atoms. The van der Waals surface area contributed by atoms with Gasteiger partial charge in [0.05, 0.1) is 5.60 Å². The number of hydrogen-bond acceptors (Lipinski definition) is 2. The molecular formula is C21H33NO. The molecule has 1 N–H and O–H groups in total. The van der Waals surface area contributed by atoms with Gasteiger partial charge in [0, 0.05) is 12.6 Å². The third kappa shape index (κ3) is 4.81. The molecule has 0 spiro atoms. The van der Waals surface area contributed by atoms with E-state index in [2.05, 4.69) is 56.4 Å². The molecule has 0 radical (unpaired) electrons. The van der Waals surface area contributed by atoms with Crippen molar-refractivity contribution in [2.24, 2.45) is 11.3 Å². The predicted octanol–water partition coefficient (Wildman–Crippen LogP) is 4.58. The first-order chi connectivity index (χ1) is 11.0. The van der Waals surface area contributed by atoms with Crippen molar-refractivity contribution in [1.82, 2.24) is 5.32 Å². The summed E-state index contributed by atoms with van der Waals surface area (Å²) in [5.74, 6) is 0.927. The van der Waals surface area contributed by atoms with Gasteiger partial charge in [-0.25, -0.2) is 0 Å². The van der Waals surface area contributed by atoms with Crippen molar-refractivity contribution in [1.29, 1.82) is 0 Å². The summed E-state index contributed by atoms with van der Waals surface area (Å²) in [5, 5.41) is 3.82. The fourth-order valence-electron chi connectivity index (χ4n) is 4.25. The van der Waals surface area contributed by atoms with E-state index in [1.807, 2.05) is 0 Å². The van der Waals surface area contributed by atoms with Crippen molar-refractivity contribution < 1.29 is 4.74 Å². The molecule has 1 saturated carbocycles. The van der Waals surface area contributed by atoms with Crippen LogP contribution in [-0.4, -0.2) is 24.8 Å². The zero-order valence-corrected chi connectivity index (χ0v) is 15.1. The molecule has 2 aliphatic rings. The average molecular weight is 316 g/mol. The molecule has 2 nitrogen and oxygen atoms in total. The van der Waals surface area contributed by atoms with Crippen LogP contribution in [0.2, 0.25) is 0 Å². The monoisotopic (exact) mass is 315 g/mol. The van der Waals surface area contributed by atoms with Crippen LogP contribution in [0, 0.1) is 11.3 Å². The lowest BCUT2D eigenvalue weighted by Gasteiger charge is -2.37. The van der Waals surface area contributed by atoms with E-state index in [-0.39, 0.29) is 5.60 Å². The van der Waals surface area contributed by atoms with Gasteiger partial charge in [-0.05, 0) is 75.8 Å². The number of rotatable bonds is 7. The van der Waals surface area contributed by atoms with Crippen molar-refractivity contribution >= 4 is 0 Å². The highest BCUT2D eigenvalue weighted by molar-refractivity contribution is 5.17. The summed E-state index contributed by atoms with van der Waals surface area (Å²) in [4.78, 5) is 0. The van der Waals surface area contributed by atoms with Crippen molar-refractivity contribution in [2.45, 2.75) is 70.9 Å². The molecule has 0 unspecified atom stereocenters. The van der Waals surface area contributed by atoms with E-state index in [4.69, 9.17) is 4.74 Å². The van der Waals surface area contributed by atoms with E-state index in [1.54, 1.807) is 0 Å². The number of hydrogen-bond donors (Lipinski definition) is 1. The van der Waals surface area contributed by atoms with Crippen molar-refractivity contribution in [3.63, 3.8) is 0 Å². The molecule has 2 fully saturated rings. The summed E-state index contributed by atoms with van der Waals surface area (Å²) in [7, 11) is 0. The van der Waals surface area contributed by atoms with Crippen molar-refractivity contribution in [3.8, 4) is 0 Å². The Labute approximate surface area is 142 Å². The zero-order valence-electron chi connectivity index (χ0n) is 15.1. The normalized spacial score (nSPS) is 26.7. The molecule has 128 valence electrons. The second-order valence-corrected chi connectivity index (χ2v) is 8.59. The van der Waals surface area contributed by atoms with Crippen LogP contribution < -0.4 is 5.32 Å². The Morgan fingerprint density at radius 1 is 1.17 bits per heavy atom. The lowest BCUT2D eigenvalue weighted by atomic mass is 9.76. The molecule has 1 aromatic rings. The Kier molecular flexibility index (Phi) is 5.13. The van der Waals surface area contributed by atoms with Crippen LogP contribution in [0.3, 0.4) is 0 Å². The molecule has 1 heterocycles. The zero-order chi connectivity index (χ0) is 16.3. The Hall–Kier alpha value is -0.860. The molecule has 1 aliphatic heterocycles. The first-order valence-electron chi connectivity index (χ1n) is 9.38. The van der Waals surface area contributed by atoms with Crippen LogP contribution in [0.4, 0.5) is 0 Å². The summed E-state index contributed by atoms with van der Waals surface area (Å²) < 4.78 is 5.83. The highest BCUT2D eigenvalue weighted by Crippen LogP contribution is 2.49. The topological polar surface area (TPSA) is 21.3 Å². The Morgan fingerprint density at radius 3 is 2.57 bits per heavy atom. The third-order valence-electron chi connectivity index (χ3n) is 5.84. The van der Waals surface area contributed by atoms with E-state index >= 15 is 0 Å². The molecule has 1 saturated heterocycles. The van der Waals surface area contributed by atoms with Gasteiger partial charge in [-0.2, -0.15) is 0 Å². The maximum atomic E-state index is 5.83. The molecular weight excluding hydrogens is 282 g/mol. The van der Waals surface area contributed by atoms with Crippen LogP contribution in [0.1, 0.15) is 58.4 Å². The summed E-state index contributed by atoms with van der Waals surface area (Å²) in [6, 6.07) is 11.7. The van der Waals surface area contributed by atoms with Gasteiger partial charge in [-0.3, -0.25) is 0 Å². The Bertz CT molecular complexity index is 494. The van der Waals surface area contributed by atoms with Crippen LogP contribution in [-0.2, 0) is 11.2 Å². The van der Waals surface area contributed by atoms with Crippen LogP contribution in [0.15, 0.2) is 30.3 Å². The van der Waals surface area contributed by atoms with E-state index < -0.39 is 0 Å². The maximum Gasteiger partial charge on any atom is 0.0641 e. The lowest BCUT2D eigenvalue weighted by molar-refractivity contribution is -0.0630. The first-order valence-corrected chi connectivity index (χ1v) is 9.38. The molecule has 2 atom stereocenters. The van der Waals surface area contributed by atoms with Gasteiger partial charge in [0.15, 0.2) is 0 Å². The average Bonchev–Trinajstić information content (AvgIpc) is 3.32. The fraction of sp³-hybridized carbons (Fsp3) is 0.714. The van der Waals surface area contributed by atoms with Crippen molar-refractivity contribution in [2.75, 3.05) is 13.2 Å². The Morgan fingerprint density at radius 2 is 1.91 bits per heavy atom. The van der Waals surface area contributed by atoms with Crippen LogP contribution >= 0.6 is 0 Å². The molecule has 2 heteroatoms. The number of benzene rings is 1. The van der Waals surface area contributed by atoms with E-state index in [0.29, 0.717) is 11.5 Å². The van der Waals surface area contributed by atoms with E-state index in [0.717, 1.165) is 31.9 Å². The van der Waals surface area contributed by atoms with Gasteiger partial charge in [0.25, 0.3) is 0 Å². The van der Waals surface area contributed by atoms with Gasteiger partial charge in [-0.1, -0.05) is 37.3 Å². The molecule has 1 aliphatic carbocycles. The highest BCUT2D eigenvalue weighted by Gasteiger charge is 2.41. The number of ether oxygens (including phenoxy) is 1. The second kappa shape index (κ2) is 6.94. The van der Waals surface area contributed by atoms with Gasteiger partial charge in [-0.15, -0.1) is 0 Å². The van der Waals surface area contributed by atoms with Crippen molar-refractivity contribution in [3.05, 3.63) is 35.9 Å². The van der Waals surface area contributed by atoms with E-state index in [9.17, 15) is 0 Å². The molecule has 3 rings (SSSR count). The largest absolute Gasteiger partial charge is 0.375 e. The summed E-state index contributed by atoms with van der Waals surface area (Å²) in [6.45, 7) is 8.97. The molecule has 0 amide bonds. The SMILES string of the molecule is CC1(C)C[C@H](NCC[C@](C)(Cc2ccccc2)C2CC2)CCO1. The minimum Gasteiger partial charge on any atom is -0.375 e. The van der Waals surface area contributed by atoms with Crippen LogP contribution in [0.5, 0.6) is 0 Å². The first kappa shape index (κ1) is 17.0. The Balaban J connectivity index is 1.51. The summed E-state index contributed by atoms with van der Waals surface area (Å²) in [6.07, 6.45) is 7.64. The quantitative estimate of drug-likeness (QED) is 0.795. The smallest absolute Gasteiger partial charge is 0.0641 e. The van der Waals surface area contributed by atoms with Gasteiger partial charge >= 0.3 is 0 Å². The fourth-order valence-corrected chi connectivity index (χ4v) is 4.25. The lowest BCUT2D eigenvalue weighted by Crippen LogP contribution is -2.44. The molecule has 0 aromatic heterocycles. The summed E-state index contributed by atoms with van der Waals surface area (Å²) >= 11 is 0. The summed E-state index contributed by atoms with van der Waals surface area (Å²) in [5.41, 5.74) is 1.99. The molecule has 1 aromatic carbocycles. The van der Waals surface area contributed by atoms with E-state index in [1.165, 1.54) is 31.2 Å². The van der Waals surface area contributed by atoms with Gasteiger partial charge in [0.1, 0.15) is 0 Å². The van der Waals surface area contributed by atoms with Crippen LogP contribution in [0.25, 0.3) is 0 Å². The molecule has 23 heavy (non-hydrogen) atoms. The standard InChI is InChI=1S/C21H33NO/c1-20(2)16-19(11-14-23-20)22-13-12-21(3,18-9-10-18)15-17-7-5-4-6-8-17/h4-8,18-19,22H,9-16H2,1-3H3/t19-,21-/m1/s1. The minimum atomic E-state index is 0.0414. The minimum absolute atomic E-state index is 0.0414. The highest BCUT2D eigenvalue weighted by atomic mass is 16.5. The van der Waals surface area contributed by atoms with Gasteiger partial charge < -0.3 is 10.1 Å². The third-order valence-corrected chi connectivity index (χ3v) is 5.84. The van der Waals surface area contributed by atoms with Gasteiger partial charge in [0.2, 0.25) is 0 Å². The second-order valence-electron chi connectivity index (χ2n) is 8.59. The predicted molar refractivity (Wildman–Crippen MR) is 96.6 cm³/mol. The number of nitrogens with one attached hydrogen (secondary N) is 1. The maximum absolute atomic E-state index is 5.83.